The summed E-state index contributed by atoms with van der Waals surface area (Å²) < 4.78 is 0. The van der Waals surface area contributed by atoms with E-state index in [9.17, 15) is 5.26 Å². The topological polar surface area (TPSA) is 23.8 Å². The first kappa shape index (κ1) is 9.50. The maximum atomic E-state index is 9.19. The van der Waals surface area contributed by atoms with Crippen molar-refractivity contribution in [1.82, 2.24) is 0 Å². The van der Waals surface area contributed by atoms with Crippen LogP contribution in [0.3, 0.4) is 0 Å². The summed E-state index contributed by atoms with van der Waals surface area (Å²) in [6.07, 6.45) is 0. The van der Waals surface area contributed by atoms with E-state index in [-0.39, 0.29) is 5.25 Å². The minimum atomic E-state index is -0.0777. The molecule has 1 atom stereocenters. The molecule has 1 aliphatic rings. The molecule has 0 saturated heterocycles. The second-order valence-electron chi connectivity index (χ2n) is 3.71. The van der Waals surface area contributed by atoms with Crippen molar-refractivity contribution in [3.8, 4) is 17.2 Å². The SMILES string of the molecule is N#CC1Sc2ccccc2-c2ccccc21. The fraction of sp³-hybridized carbons (Fsp3) is 0.0714. The van der Waals surface area contributed by atoms with Gasteiger partial charge in [0.2, 0.25) is 0 Å². The summed E-state index contributed by atoms with van der Waals surface area (Å²) in [5, 5.41) is 9.11. The second kappa shape index (κ2) is 3.70. The van der Waals surface area contributed by atoms with E-state index in [0.717, 1.165) is 5.56 Å². The highest BCUT2D eigenvalue weighted by atomic mass is 32.2. The molecule has 0 bridgehead atoms. The van der Waals surface area contributed by atoms with Gasteiger partial charge in [-0.3, -0.25) is 0 Å². The van der Waals surface area contributed by atoms with E-state index in [4.69, 9.17) is 0 Å². The molecule has 0 fully saturated rings. The van der Waals surface area contributed by atoms with E-state index in [0.29, 0.717) is 0 Å². The van der Waals surface area contributed by atoms with Crippen molar-refractivity contribution in [2.45, 2.75) is 10.1 Å². The van der Waals surface area contributed by atoms with Crippen LogP contribution in [0.25, 0.3) is 11.1 Å². The van der Waals surface area contributed by atoms with E-state index in [1.54, 1.807) is 11.8 Å². The molecule has 2 heteroatoms. The number of rotatable bonds is 0. The summed E-state index contributed by atoms with van der Waals surface area (Å²) in [6.45, 7) is 0. The molecular weight excluding hydrogens is 214 g/mol. The Kier molecular flexibility index (Phi) is 2.19. The quantitative estimate of drug-likeness (QED) is 0.673. The highest BCUT2D eigenvalue weighted by Gasteiger charge is 2.24. The lowest BCUT2D eigenvalue weighted by atomic mass is 9.97. The Hall–Kier alpha value is -1.72. The smallest absolute Gasteiger partial charge is 0.122 e. The van der Waals surface area contributed by atoms with Gasteiger partial charge >= 0.3 is 0 Å². The van der Waals surface area contributed by atoms with Crippen LogP contribution in [0, 0.1) is 11.3 Å². The Morgan fingerprint density at radius 2 is 1.62 bits per heavy atom. The van der Waals surface area contributed by atoms with Crippen LogP contribution >= 0.6 is 11.8 Å². The van der Waals surface area contributed by atoms with Gasteiger partial charge < -0.3 is 0 Å². The van der Waals surface area contributed by atoms with Gasteiger partial charge in [-0.25, -0.2) is 0 Å². The summed E-state index contributed by atoms with van der Waals surface area (Å²) in [7, 11) is 0. The zero-order valence-electron chi connectivity index (χ0n) is 8.55. The number of nitrogens with zero attached hydrogens (tertiary/aromatic N) is 1. The Morgan fingerprint density at radius 3 is 2.44 bits per heavy atom. The number of fused-ring (bicyclic) bond motifs is 3. The minimum absolute atomic E-state index is 0.0777. The van der Waals surface area contributed by atoms with Crippen molar-refractivity contribution < 1.29 is 0 Å². The molecule has 1 aliphatic heterocycles. The third-order valence-corrected chi connectivity index (χ3v) is 3.99. The highest BCUT2D eigenvalue weighted by Crippen LogP contribution is 2.48. The molecule has 0 N–H and O–H groups in total. The number of nitriles is 1. The number of thioether (sulfide) groups is 1. The first-order valence-electron chi connectivity index (χ1n) is 5.15. The Bertz CT molecular complexity index is 583. The maximum Gasteiger partial charge on any atom is 0.122 e. The predicted octanol–water partition coefficient (Wildman–Crippen LogP) is 4.02. The number of hydrogen-bond acceptors (Lipinski definition) is 2. The Balaban J connectivity index is 2.29. The first-order valence-corrected chi connectivity index (χ1v) is 6.03. The summed E-state index contributed by atoms with van der Waals surface area (Å²) in [5.41, 5.74) is 3.58. The largest absolute Gasteiger partial charge is 0.197 e. The first-order chi connectivity index (χ1) is 7.90. The third kappa shape index (κ3) is 1.33. The standard InChI is InChI=1S/C14H9NS/c15-9-14-12-7-2-1-5-10(12)11-6-3-4-8-13(11)16-14/h1-8,14H. The normalized spacial score (nSPS) is 17.1. The molecule has 0 amide bonds. The molecule has 0 aliphatic carbocycles. The van der Waals surface area contributed by atoms with E-state index in [1.807, 2.05) is 30.3 Å². The van der Waals surface area contributed by atoms with E-state index < -0.39 is 0 Å². The minimum Gasteiger partial charge on any atom is -0.197 e. The predicted molar refractivity (Wildman–Crippen MR) is 66.1 cm³/mol. The lowest BCUT2D eigenvalue weighted by molar-refractivity contribution is 1.19. The zero-order valence-corrected chi connectivity index (χ0v) is 9.37. The highest BCUT2D eigenvalue weighted by molar-refractivity contribution is 8.00. The zero-order chi connectivity index (χ0) is 11.0. The molecule has 76 valence electrons. The molecule has 1 unspecified atom stereocenters. The van der Waals surface area contributed by atoms with Gasteiger partial charge in [0.05, 0.1) is 6.07 Å². The van der Waals surface area contributed by atoms with Crippen molar-refractivity contribution in [1.29, 1.82) is 5.26 Å². The van der Waals surface area contributed by atoms with Crippen LogP contribution in [0.1, 0.15) is 10.8 Å². The fourth-order valence-electron chi connectivity index (χ4n) is 2.05. The van der Waals surface area contributed by atoms with Gasteiger partial charge in [0.25, 0.3) is 0 Å². The van der Waals surface area contributed by atoms with Crippen LogP contribution in [-0.2, 0) is 0 Å². The van der Waals surface area contributed by atoms with Crippen molar-refractivity contribution in [2.24, 2.45) is 0 Å². The maximum absolute atomic E-state index is 9.19. The van der Waals surface area contributed by atoms with Crippen LogP contribution < -0.4 is 0 Å². The van der Waals surface area contributed by atoms with Crippen molar-refractivity contribution in [2.75, 3.05) is 0 Å². The molecule has 2 aromatic rings. The van der Waals surface area contributed by atoms with Gasteiger partial charge in [-0.15, -0.1) is 11.8 Å². The van der Waals surface area contributed by atoms with Crippen LogP contribution in [0.5, 0.6) is 0 Å². The monoisotopic (exact) mass is 223 g/mol. The third-order valence-electron chi connectivity index (χ3n) is 2.78. The van der Waals surface area contributed by atoms with Gasteiger partial charge in [-0.1, -0.05) is 42.5 Å². The van der Waals surface area contributed by atoms with Crippen LogP contribution in [0.15, 0.2) is 53.4 Å². The number of benzene rings is 2. The molecular formula is C14H9NS. The van der Waals surface area contributed by atoms with Gasteiger partial charge in [0, 0.05) is 4.90 Å². The molecule has 0 aromatic heterocycles. The van der Waals surface area contributed by atoms with Crippen LogP contribution in [-0.4, -0.2) is 0 Å². The van der Waals surface area contributed by atoms with E-state index in [2.05, 4.69) is 24.3 Å². The Morgan fingerprint density at radius 1 is 0.938 bits per heavy atom. The van der Waals surface area contributed by atoms with Gasteiger partial charge in [-0.2, -0.15) is 5.26 Å². The van der Waals surface area contributed by atoms with E-state index >= 15 is 0 Å². The van der Waals surface area contributed by atoms with E-state index in [1.165, 1.54) is 16.0 Å². The van der Waals surface area contributed by atoms with Crippen molar-refractivity contribution >= 4 is 11.8 Å². The molecule has 2 aromatic carbocycles. The van der Waals surface area contributed by atoms with Crippen molar-refractivity contribution in [3.05, 3.63) is 54.1 Å². The fourth-order valence-corrected chi connectivity index (χ4v) is 3.15. The molecule has 1 nitrogen and oxygen atoms in total. The van der Waals surface area contributed by atoms with Gasteiger partial charge in [0.1, 0.15) is 5.25 Å². The summed E-state index contributed by atoms with van der Waals surface area (Å²) in [4.78, 5) is 1.20. The summed E-state index contributed by atoms with van der Waals surface area (Å²) >= 11 is 1.64. The molecule has 1 heterocycles. The molecule has 3 rings (SSSR count). The molecule has 0 radical (unpaired) electrons. The molecule has 16 heavy (non-hydrogen) atoms. The Labute approximate surface area is 98.7 Å². The average Bonchev–Trinajstić information content (AvgIpc) is 2.38. The second-order valence-corrected chi connectivity index (χ2v) is 4.86. The van der Waals surface area contributed by atoms with Gasteiger partial charge in [0.15, 0.2) is 0 Å². The van der Waals surface area contributed by atoms with Crippen LogP contribution in [0.2, 0.25) is 0 Å². The van der Waals surface area contributed by atoms with Gasteiger partial charge in [-0.05, 0) is 22.8 Å². The number of hydrogen-bond donors (Lipinski definition) is 0. The molecule has 0 saturated carbocycles. The summed E-state index contributed by atoms with van der Waals surface area (Å²) in [6, 6.07) is 18.8. The lowest BCUT2D eigenvalue weighted by Crippen LogP contribution is -2.00. The van der Waals surface area contributed by atoms with Crippen molar-refractivity contribution in [3.63, 3.8) is 0 Å². The summed E-state index contributed by atoms with van der Waals surface area (Å²) in [5.74, 6) is 0. The molecule has 0 spiro atoms. The van der Waals surface area contributed by atoms with Crippen LogP contribution in [0.4, 0.5) is 0 Å². The lowest BCUT2D eigenvalue weighted by Gasteiger charge is -2.22. The average molecular weight is 223 g/mol.